The third-order valence-electron chi connectivity index (χ3n) is 1.32. The van der Waals surface area contributed by atoms with E-state index in [0.29, 0.717) is 0 Å². The van der Waals surface area contributed by atoms with Crippen LogP contribution in [0, 0.1) is 0 Å². The average molecular weight is 298 g/mol. The Labute approximate surface area is 94.5 Å². The van der Waals surface area contributed by atoms with Crippen molar-refractivity contribution in [1.82, 2.24) is 4.72 Å². The van der Waals surface area contributed by atoms with E-state index in [9.17, 15) is 13.2 Å². The van der Waals surface area contributed by atoms with Gasteiger partial charge in [-0.05, 0) is 35.0 Å². The summed E-state index contributed by atoms with van der Waals surface area (Å²) in [6, 6.07) is 3.13. The number of hydrogen-bond donors (Lipinski definition) is 1. The van der Waals surface area contributed by atoms with Crippen LogP contribution in [-0.4, -0.2) is 20.7 Å². The first-order valence-corrected chi connectivity index (χ1v) is 6.75. The molecule has 0 bridgehead atoms. The Balaban J connectivity index is 2.81. The molecular weight excluding hydrogens is 290 g/mol. The molecular formula is C7H8BrNO3S2. The van der Waals surface area contributed by atoms with E-state index in [2.05, 4.69) is 20.7 Å². The van der Waals surface area contributed by atoms with Crippen LogP contribution in [0.4, 0.5) is 0 Å². The SMILES string of the molecule is CC(=O)CNS(=O)(=O)c1ccc(Br)s1. The van der Waals surface area contributed by atoms with Crippen LogP contribution in [0.5, 0.6) is 0 Å². The molecule has 7 heteroatoms. The van der Waals surface area contributed by atoms with Crippen LogP contribution in [0.1, 0.15) is 6.92 Å². The maximum absolute atomic E-state index is 11.5. The molecule has 78 valence electrons. The number of sulfonamides is 1. The molecule has 0 radical (unpaired) electrons. The zero-order valence-electron chi connectivity index (χ0n) is 7.28. The predicted molar refractivity (Wildman–Crippen MR) is 57.9 cm³/mol. The van der Waals surface area contributed by atoms with E-state index in [0.717, 1.165) is 15.1 Å². The first kappa shape index (κ1) is 11.8. The zero-order valence-corrected chi connectivity index (χ0v) is 10.5. The summed E-state index contributed by atoms with van der Waals surface area (Å²) in [6.07, 6.45) is 0. The van der Waals surface area contributed by atoms with E-state index in [1.54, 1.807) is 6.07 Å². The summed E-state index contributed by atoms with van der Waals surface area (Å²) in [6.45, 7) is 1.16. The fourth-order valence-corrected chi connectivity index (χ4v) is 3.82. The number of carbonyl (C=O) groups is 1. The van der Waals surface area contributed by atoms with Gasteiger partial charge in [0.15, 0.2) is 0 Å². The van der Waals surface area contributed by atoms with Gasteiger partial charge in [-0.2, -0.15) is 0 Å². The lowest BCUT2D eigenvalue weighted by Gasteiger charge is -2.00. The fraction of sp³-hybridized carbons (Fsp3) is 0.286. The number of halogens is 1. The van der Waals surface area contributed by atoms with Gasteiger partial charge in [0.1, 0.15) is 9.99 Å². The van der Waals surface area contributed by atoms with Gasteiger partial charge < -0.3 is 0 Å². The number of ketones is 1. The summed E-state index contributed by atoms with van der Waals surface area (Å²) < 4.78 is 26.1. The second kappa shape index (κ2) is 4.52. The Morgan fingerprint density at radius 3 is 2.64 bits per heavy atom. The lowest BCUT2D eigenvalue weighted by atomic mass is 10.5. The minimum Gasteiger partial charge on any atom is -0.299 e. The third-order valence-corrected chi connectivity index (χ3v) is 4.84. The van der Waals surface area contributed by atoms with Crippen LogP contribution in [-0.2, 0) is 14.8 Å². The van der Waals surface area contributed by atoms with Gasteiger partial charge in [0.2, 0.25) is 10.0 Å². The number of nitrogens with one attached hydrogen (secondary N) is 1. The molecule has 0 unspecified atom stereocenters. The highest BCUT2D eigenvalue weighted by molar-refractivity contribution is 9.11. The average Bonchev–Trinajstić information content (AvgIpc) is 2.49. The van der Waals surface area contributed by atoms with Gasteiger partial charge in [-0.1, -0.05) is 0 Å². The number of Topliss-reactive ketones (excluding diaryl/α,β-unsaturated/α-hetero) is 1. The highest BCUT2D eigenvalue weighted by Gasteiger charge is 2.16. The molecule has 4 nitrogen and oxygen atoms in total. The lowest BCUT2D eigenvalue weighted by Crippen LogP contribution is -2.27. The van der Waals surface area contributed by atoms with E-state index >= 15 is 0 Å². The van der Waals surface area contributed by atoms with Gasteiger partial charge >= 0.3 is 0 Å². The first-order valence-electron chi connectivity index (χ1n) is 3.66. The third kappa shape index (κ3) is 3.16. The topological polar surface area (TPSA) is 63.2 Å². The molecule has 0 saturated heterocycles. The molecule has 0 amide bonds. The molecule has 0 aliphatic heterocycles. The van der Waals surface area contributed by atoms with Crippen molar-refractivity contribution in [2.24, 2.45) is 0 Å². The van der Waals surface area contributed by atoms with Crippen molar-refractivity contribution < 1.29 is 13.2 Å². The minimum absolute atomic E-state index is 0.169. The van der Waals surface area contributed by atoms with Crippen molar-refractivity contribution in [3.05, 3.63) is 15.9 Å². The van der Waals surface area contributed by atoms with Gasteiger partial charge in [0.25, 0.3) is 0 Å². The molecule has 1 aromatic rings. The predicted octanol–water partition coefficient (Wildman–Crippen LogP) is 1.38. The normalized spacial score (nSPS) is 11.6. The molecule has 1 N–H and O–H groups in total. The summed E-state index contributed by atoms with van der Waals surface area (Å²) in [4.78, 5) is 10.6. The zero-order chi connectivity index (χ0) is 10.8. The van der Waals surface area contributed by atoms with Gasteiger partial charge in [-0.3, -0.25) is 4.79 Å². The quantitative estimate of drug-likeness (QED) is 0.913. The highest BCUT2D eigenvalue weighted by atomic mass is 79.9. The minimum atomic E-state index is -3.52. The van der Waals surface area contributed by atoms with E-state index < -0.39 is 10.0 Å². The smallest absolute Gasteiger partial charge is 0.250 e. The number of carbonyl (C=O) groups excluding carboxylic acids is 1. The fourth-order valence-electron chi connectivity index (χ4n) is 0.710. The van der Waals surface area contributed by atoms with Crippen molar-refractivity contribution in [3.63, 3.8) is 0 Å². The monoisotopic (exact) mass is 297 g/mol. The van der Waals surface area contributed by atoms with E-state index in [1.807, 2.05) is 0 Å². The summed E-state index contributed by atoms with van der Waals surface area (Å²) >= 11 is 4.27. The molecule has 0 saturated carbocycles. The lowest BCUT2D eigenvalue weighted by molar-refractivity contribution is -0.115. The summed E-state index contributed by atoms with van der Waals surface area (Å²) in [7, 11) is -3.52. The summed E-state index contributed by atoms with van der Waals surface area (Å²) in [5.41, 5.74) is 0. The summed E-state index contributed by atoms with van der Waals surface area (Å²) in [5, 5.41) is 0. The second-order valence-corrected chi connectivity index (χ2v) is 7.04. The molecule has 1 aromatic heterocycles. The van der Waals surface area contributed by atoms with Gasteiger partial charge in [0.05, 0.1) is 10.3 Å². The van der Waals surface area contributed by atoms with E-state index in [-0.39, 0.29) is 16.5 Å². The Morgan fingerprint density at radius 1 is 1.57 bits per heavy atom. The molecule has 0 aliphatic rings. The van der Waals surface area contributed by atoms with Crippen molar-refractivity contribution in [2.75, 3.05) is 6.54 Å². The molecule has 0 atom stereocenters. The Hall–Kier alpha value is -0.240. The van der Waals surface area contributed by atoms with Gasteiger partial charge in [-0.15, -0.1) is 11.3 Å². The maximum Gasteiger partial charge on any atom is 0.250 e. The van der Waals surface area contributed by atoms with Crippen LogP contribution in [0.2, 0.25) is 0 Å². The molecule has 0 aromatic carbocycles. The molecule has 14 heavy (non-hydrogen) atoms. The molecule has 0 spiro atoms. The number of thiophene rings is 1. The van der Waals surface area contributed by atoms with Gasteiger partial charge in [0, 0.05) is 0 Å². The Morgan fingerprint density at radius 2 is 2.21 bits per heavy atom. The van der Waals surface area contributed by atoms with Crippen LogP contribution >= 0.6 is 27.3 Å². The van der Waals surface area contributed by atoms with Crippen LogP contribution in [0.15, 0.2) is 20.1 Å². The molecule has 1 rings (SSSR count). The van der Waals surface area contributed by atoms with Crippen molar-refractivity contribution in [1.29, 1.82) is 0 Å². The summed E-state index contributed by atoms with van der Waals surface area (Å²) in [5.74, 6) is -0.218. The van der Waals surface area contributed by atoms with Crippen LogP contribution in [0.3, 0.4) is 0 Å². The first-order chi connectivity index (χ1) is 6.42. The van der Waals surface area contributed by atoms with E-state index in [4.69, 9.17) is 0 Å². The van der Waals surface area contributed by atoms with Crippen LogP contribution in [0.25, 0.3) is 0 Å². The van der Waals surface area contributed by atoms with Crippen molar-refractivity contribution in [3.8, 4) is 0 Å². The highest BCUT2D eigenvalue weighted by Crippen LogP contribution is 2.25. The number of hydrogen-bond acceptors (Lipinski definition) is 4. The molecule has 0 fully saturated rings. The van der Waals surface area contributed by atoms with Crippen LogP contribution < -0.4 is 4.72 Å². The Bertz CT molecular complexity index is 438. The molecule has 0 aliphatic carbocycles. The van der Waals surface area contributed by atoms with E-state index in [1.165, 1.54) is 13.0 Å². The number of rotatable bonds is 4. The standard InChI is InChI=1S/C7H8BrNO3S2/c1-5(10)4-9-14(11,12)7-3-2-6(8)13-7/h2-3,9H,4H2,1H3. The second-order valence-electron chi connectivity index (χ2n) is 2.59. The Kier molecular flexibility index (Phi) is 3.82. The maximum atomic E-state index is 11.5. The van der Waals surface area contributed by atoms with Crippen molar-refractivity contribution >= 4 is 43.1 Å². The van der Waals surface area contributed by atoms with Gasteiger partial charge in [-0.25, -0.2) is 13.1 Å². The molecule has 1 heterocycles. The van der Waals surface area contributed by atoms with Crippen molar-refractivity contribution in [2.45, 2.75) is 11.1 Å². The largest absolute Gasteiger partial charge is 0.299 e.